The number of fused-ring (bicyclic) bond motifs is 1. The van der Waals surface area contributed by atoms with E-state index >= 15 is 0 Å². The number of rotatable bonds is 2. The Kier molecular flexibility index (Phi) is 3.98. The van der Waals surface area contributed by atoms with Crippen LogP contribution in [0.3, 0.4) is 0 Å². The van der Waals surface area contributed by atoms with Gasteiger partial charge in [0.25, 0.3) is 5.56 Å². The molecule has 0 radical (unpaired) electrons. The average molecular weight is 322 g/mol. The summed E-state index contributed by atoms with van der Waals surface area (Å²) in [7, 11) is 0. The third-order valence-electron chi connectivity index (χ3n) is 3.18. The molecule has 0 saturated carbocycles. The van der Waals surface area contributed by atoms with Crippen LogP contribution in [0, 0.1) is 5.92 Å². The number of thioether (sulfide) groups is 1. The van der Waals surface area contributed by atoms with Gasteiger partial charge in [-0.1, -0.05) is 29.4 Å². The summed E-state index contributed by atoms with van der Waals surface area (Å²) in [5, 5.41) is 4.06. The molecule has 1 aliphatic rings. The predicted molar refractivity (Wildman–Crippen MR) is 82.8 cm³/mol. The molecule has 1 aliphatic heterocycles. The number of nitrogens with zero attached hydrogens (tertiary/aromatic N) is 2. The molecule has 3 rings (SSSR count). The molecule has 0 spiro atoms. The first-order chi connectivity index (χ1) is 10.1. The second kappa shape index (κ2) is 5.91. The summed E-state index contributed by atoms with van der Waals surface area (Å²) in [6.07, 6.45) is 1.49. The predicted octanol–water partition coefficient (Wildman–Crippen LogP) is 2.26. The van der Waals surface area contributed by atoms with Crippen LogP contribution < -0.4 is 10.9 Å². The molecule has 1 aromatic carbocycles. The SMILES string of the molecule is O=C(Nc1cccc(Cl)c1)C1CSc2nccc(=O)n2C1. The van der Waals surface area contributed by atoms with Crippen molar-refractivity contribution >= 4 is 35.0 Å². The monoisotopic (exact) mass is 321 g/mol. The highest BCUT2D eigenvalue weighted by atomic mass is 35.5. The lowest BCUT2D eigenvalue weighted by molar-refractivity contribution is -0.119. The van der Waals surface area contributed by atoms with Gasteiger partial charge in [-0.15, -0.1) is 0 Å². The Morgan fingerprint density at radius 2 is 2.29 bits per heavy atom. The van der Waals surface area contributed by atoms with Gasteiger partial charge in [0.05, 0.1) is 5.92 Å². The van der Waals surface area contributed by atoms with Crippen molar-refractivity contribution in [3.63, 3.8) is 0 Å². The van der Waals surface area contributed by atoms with Crippen molar-refractivity contribution in [2.45, 2.75) is 11.7 Å². The summed E-state index contributed by atoms with van der Waals surface area (Å²) >= 11 is 7.31. The van der Waals surface area contributed by atoms with Gasteiger partial charge in [0.15, 0.2) is 5.16 Å². The van der Waals surface area contributed by atoms with Crippen LogP contribution in [0.2, 0.25) is 5.02 Å². The number of hydrogen-bond donors (Lipinski definition) is 1. The zero-order chi connectivity index (χ0) is 14.8. The third kappa shape index (κ3) is 3.11. The molecule has 0 bridgehead atoms. The van der Waals surface area contributed by atoms with Crippen LogP contribution in [0.1, 0.15) is 0 Å². The van der Waals surface area contributed by atoms with Crippen molar-refractivity contribution < 1.29 is 4.79 Å². The number of carbonyl (C=O) groups is 1. The molecular weight excluding hydrogens is 310 g/mol. The number of hydrogen-bond acceptors (Lipinski definition) is 4. The third-order valence-corrected chi connectivity index (χ3v) is 4.57. The first-order valence-electron chi connectivity index (χ1n) is 6.38. The van der Waals surface area contributed by atoms with Gasteiger partial charge in [0.1, 0.15) is 0 Å². The van der Waals surface area contributed by atoms with E-state index in [2.05, 4.69) is 10.3 Å². The zero-order valence-corrected chi connectivity index (χ0v) is 12.5. The highest BCUT2D eigenvalue weighted by molar-refractivity contribution is 7.99. The van der Waals surface area contributed by atoms with E-state index in [9.17, 15) is 9.59 Å². The molecule has 1 N–H and O–H groups in total. The van der Waals surface area contributed by atoms with E-state index in [4.69, 9.17) is 11.6 Å². The molecule has 1 atom stereocenters. The Morgan fingerprint density at radius 1 is 1.43 bits per heavy atom. The van der Waals surface area contributed by atoms with Crippen LogP contribution in [-0.4, -0.2) is 21.2 Å². The van der Waals surface area contributed by atoms with E-state index in [0.717, 1.165) is 0 Å². The summed E-state index contributed by atoms with van der Waals surface area (Å²) in [5.41, 5.74) is 0.523. The molecule has 1 amide bonds. The lowest BCUT2D eigenvalue weighted by atomic mass is 10.1. The average Bonchev–Trinajstić information content (AvgIpc) is 2.47. The number of benzene rings is 1. The van der Waals surface area contributed by atoms with Crippen LogP contribution in [0.5, 0.6) is 0 Å². The number of amides is 1. The number of anilines is 1. The molecule has 1 aromatic heterocycles. The minimum absolute atomic E-state index is 0.119. The highest BCUT2D eigenvalue weighted by Gasteiger charge is 2.26. The maximum absolute atomic E-state index is 12.3. The Morgan fingerprint density at radius 3 is 3.10 bits per heavy atom. The van der Waals surface area contributed by atoms with Gasteiger partial charge in [-0.2, -0.15) is 0 Å². The van der Waals surface area contributed by atoms with E-state index in [1.807, 2.05) is 0 Å². The topological polar surface area (TPSA) is 64.0 Å². The number of halogens is 1. The molecule has 0 aliphatic carbocycles. The molecule has 1 unspecified atom stereocenters. The summed E-state index contributed by atoms with van der Waals surface area (Å²) in [6, 6.07) is 8.40. The minimum Gasteiger partial charge on any atom is -0.326 e. The first kappa shape index (κ1) is 14.2. The Hall–Kier alpha value is -1.79. The van der Waals surface area contributed by atoms with Crippen LogP contribution in [0.15, 0.2) is 46.5 Å². The fraction of sp³-hybridized carbons (Fsp3) is 0.214. The minimum atomic E-state index is -0.275. The van der Waals surface area contributed by atoms with Crippen LogP contribution in [0.25, 0.3) is 0 Å². The lowest BCUT2D eigenvalue weighted by Crippen LogP contribution is -2.36. The second-order valence-corrected chi connectivity index (χ2v) is 6.11. The van der Waals surface area contributed by atoms with Crippen molar-refractivity contribution in [2.24, 2.45) is 5.92 Å². The van der Waals surface area contributed by atoms with E-state index in [1.165, 1.54) is 28.6 Å². The van der Waals surface area contributed by atoms with Crippen molar-refractivity contribution in [3.05, 3.63) is 51.9 Å². The van der Waals surface area contributed by atoms with Gasteiger partial charge in [0.2, 0.25) is 5.91 Å². The van der Waals surface area contributed by atoms with E-state index in [1.54, 1.807) is 24.3 Å². The zero-order valence-electron chi connectivity index (χ0n) is 11.0. The Balaban J connectivity index is 1.75. The molecule has 0 saturated heterocycles. The van der Waals surface area contributed by atoms with Crippen molar-refractivity contribution in [3.8, 4) is 0 Å². The van der Waals surface area contributed by atoms with Crippen molar-refractivity contribution in [2.75, 3.05) is 11.1 Å². The molecule has 0 fully saturated rings. The van der Waals surface area contributed by atoms with Gasteiger partial charge >= 0.3 is 0 Å². The molecule has 2 heterocycles. The fourth-order valence-corrected chi connectivity index (χ4v) is 3.37. The maximum atomic E-state index is 12.3. The van der Waals surface area contributed by atoms with Crippen LogP contribution >= 0.6 is 23.4 Å². The van der Waals surface area contributed by atoms with Gasteiger partial charge in [-0.3, -0.25) is 14.2 Å². The summed E-state index contributed by atoms with van der Waals surface area (Å²) < 4.78 is 1.54. The standard InChI is InChI=1S/C14H12ClN3O2S/c15-10-2-1-3-11(6-10)17-13(20)9-7-18-12(19)4-5-16-14(18)21-8-9/h1-6,9H,7-8H2,(H,17,20). The lowest BCUT2D eigenvalue weighted by Gasteiger charge is -2.23. The molecular formula is C14H12ClN3O2S. The van der Waals surface area contributed by atoms with Gasteiger partial charge < -0.3 is 5.32 Å². The molecule has 108 valence electrons. The Bertz CT molecular complexity index is 747. The van der Waals surface area contributed by atoms with Crippen LogP contribution in [0.4, 0.5) is 5.69 Å². The number of carbonyl (C=O) groups excluding carboxylic acids is 1. The molecule has 5 nitrogen and oxygen atoms in total. The van der Waals surface area contributed by atoms with Crippen molar-refractivity contribution in [1.82, 2.24) is 9.55 Å². The van der Waals surface area contributed by atoms with Crippen LogP contribution in [-0.2, 0) is 11.3 Å². The quantitative estimate of drug-likeness (QED) is 0.862. The Labute approximate surface area is 130 Å². The van der Waals surface area contributed by atoms with E-state index < -0.39 is 0 Å². The summed E-state index contributed by atoms with van der Waals surface area (Å²) in [4.78, 5) is 28.2. The maximum Gasteiger partial charge on any atom is 0.254 e. The summed E-state index contributed by atoms with van der Waals surface area (Å²) in [5.74, 6) is 0.206. The number of nitrogens with one attached hydrogen (secondary N) is 1. The molecule has 21 heavy (non-hydrogen) atoms. The largest absolute Gasteiger partial charge is 0.326 e. The normalized spacial score (nSPS) is 17.1. The van der Waals surface area contributed by atoms with E-state index in [0.29, 0.717) is 28.2 Å². The molecule has 7 heteroatoms. The van der Waals surface area contributed by atoms with E-state index in [-0.39, 0.29) is 17.4 Å². The van der Waals surface area contributed by atoms with Gasteiger partial charge in [-0.05, 0) is 18.2 Å². The molecule has 2 aromatic rings. The van der Waals surface area contributed by atoms with Gasteiger partial charge in [0, 0.05) is 35.3 Å². The van der Waals surface area contributed by atoms with Gasteiger partial charge in [-0.25, -0.2) is 4.98 Å². The second-order valence-electron chi connectivity index (χ2n) is 4.68. The smallest absolute Gasteiger partial charge is 0.254 e. The first-order valence-corrected chi connectivity index (χ1v) is 7.75. The number of aromatic nitrogens is 2. The fourth-order valence-electron chi connectivity index (χ4n) is 2.12. The van der Waals surface area contributed by atoms with Crippen molar-refractivity contribution in [1.29, 1.82) is 0 Å². The highest BCUT2D eigenvalue weighted by Crippen LogP contribution is 2.25. The summed E-state index contributed by atoms with van der Waals surface area (Å²) in [6.45, 7) is 0.349.